The topological polar surface area (TPSA) is 215 Å². The molecule has 0 saturated carbocycles. The maximum atomic E-state index is 12.3. The van der Waals surface area contributed by atoms with E-state index in [0.717, 1.165) is 0 Å². The van der Waals surface area contributed by atoms with Gasteiger partial charge in [0.2, 0.25) is 5.91 Å². The van der Waals surface area contributed by atoms with Crippen molar-refractivity contribution in [3.05, 3.63) is 59.7 Å². The van der Waals surface area contributed by atoms with Crippen molar-refractivity contribution in [1.29, 1.82) is 0 Å². The van der Waals surface area contributed by atoms with E-state index in [9.17, 15) is 14.4 Å². The number of hydrogen-bond acceptors (Lipinski definition) is 16. The second-order valence-electron chi connectivity index (χ2n) is 13.2. The van der Waals surface area contributed by atoms with Crippen LogP contribution in [0, 0.1) is 0 Å². The molecule has 0 radical (unpaired) electrons. The second-order valence-corrected chi connectivity index (χ2v) is 13.2. The molecule has 0 atom stereocenters. The van der Waals surface area contributed by atoms with Gasteiger partial charge in [0.25, 0.3) is 0 Å². The summed E-state index contributed by atoms with van der Waals surface area (Å²) in [6, 6.07) is 16.5. The van der Waals surface area contributed by atoms with Gasteiger partial charge in [-0.2, -0.15) is 0 Å². The third-order valence-corrected chi connectivity index (χ3v) is 8.61. The molecule has 3 N–H and O–H groups in total. The fourth-order valence-corrected chi connectivity index (χ4v) is 5.72. The van der Waals surface area contributed by atoms with Crippen molar-refractivity contribution in [1.82, 2.24) is 10.6 Å². The Morgan fingerprint density at radius 3 is 1.10 bits per heavy atom. The highest BCUT2D eigenvalue weighted by Crippen LogP contribution is 2.44. The predicted molar refractivity (Wildman–Crippen MR) is 224 cm³/mol. The van der Waals surface area contributed by atoms with Gasteiger partial charge in [0.05, 0.1) is 145 Å². The SMILES string of the molecule is O=C(O)COCC(=O)NCCOCCOCCOCCOCCOCCOCCOCCOCCOCCOCCOCCNC(=O)OCC1c2ccccc2-c2ccccc21. The van der Waals surface area contributed by atoms with E-state index in [4.69, 9.17) is 61.9 Å². The lowest BCUT2D eigenvalue weighted by atomic mass is 9.98. The number of alkyl carbamates (subject to hydrolysis) is 1. The Morgan fingerprint density at radius 2 is 0.742 bits per heavy atom. The van der Waals surface area contributed by atoms with Gasteiger partial charge in [0.15, 0.2) is 0 Å². The van der Waals surface area contributed by atoms with Gasteiger partial charge in [0.1, 0.15) is 19.8 Å². The van der Waals surface area contributed by atoms with Crippen molar-refractivity contribution in [2.75, 3.05) is 178 Å². The fraction of sp³-hybridized carbons (Fsp3) is 0.651. The van der Waals surface area contributed by atoms with Crippen LogP contribution in [0.3, 0.4) is 0 Å². The molecule has 0 spiro atoms. The van der Waals surface area contributed by atoms with E-state index >= 15 is 0 Å². The number of carboxylic acid groups (broad SMARTS) is 1. The molecular formula is C43H66N2O17. The summed E-state index contributed by atoms with van der Waals surface area (Å²) in [4.78, 5) is 34.0. The van der Waals surface area contributed by atoms with E-state index in [1.54, 1.807) is 0 Å². The Labute approximate surface area is 364 Å². The molecule has 0 heterocycles. The van der Waals surface area contributed by atoms with E-state index in [0.29, 0.717) is 158 Å². The lowest BCUT2D eigenvalue weighted by Gasteiger charge is -2.14. The Kier molecular flexibility index (Phi) is 31.0. The quantitative estimate of drug-likeness (QED) is 0.0813. The normalized spacial score (nSPS) is 12.0. The lowest BCUT2D eigenvalue weighted by molar-refractivity contribution is -0.143. The molecule has 62 heavy (non-hydrogen) atoms. The maximum Gasteiger partial charge on any atom is 0.407 e. The second kappa shape index (κ2) is 36.6. The zero-order valence-electron chi connectivity index (χ0n) is 35.8. The number of fused-ring (bicyclic) bond motifs is 3. The Bertz CT molecular complexity index is 1410. The van der Waals surface area contributed by atoms with E-state index in [2.05, 4.69) is 39.6 Å². The molecule has 3 rings (SSSR count). The van der Waals surface area contributed by atoms with Gasteiger partial charge >= 0.3 is 12.1 Å². The molecule has 350 valence electrons. The van der Waals surface area contributed by atoms with Gasteiger partial charge < -0.3 is 77.3 Å². The van der Waals surface area contributed by atoms with E-state index in [-0.39, 0.29) is 19.1 Å². The Balaban J connectivity index is 0.920. The third-order valence-electron chi connectivity index (χ3n) is 8.61. The molecule has 1 aliphatic rings. The minimum atomic E-state index is -1.13. The number of nitrogens with one attached hydrogen (secondary N) is 2. The molecule has 2 aromatic rings. The number of rotatable bonds is 42. The number of carboxylic acids is 1. The summed E-state index contributed by atoms with van der Waals surface area (Å²) in [5.41, 5.74) is 4.74. The summed E-state index contributed by atoms with van der Waals surface area (Å²) in [7, 11) is 0. The van der Waals surface area contributed by atoms with Crippen molar-refractivity contribution in [2.24, 2.45) is 0 Å². The molecular weight excluding hydrogens is 816 g/mol. The first-order valence-corrected chi connectivity index (χ1v) is 21.1. The molecule has 0 aromatic heterocycles. The Morgan fingerprint density at radius 1 is 0.419 bits per heavy atom. The molecule has 2 amide bonds. The van der Waals surface area contributed by atoms with Crippen LogP contribution in [-0.2, 0) is 71.2 Å². The van der Waals surface area contributed by atoms with Gasteiger partial charge in [-0.15, -0.1) is 0 Å². The molecule has 2 aromatic carbocycles. The minimum Gasteiger partial charge on any atom is -0.480 e. The molecule has 0 bridgehead atoms. The standard InChI is InChI=1S/C43H66N2O17/c46-41(34-61-35-42(47)48)44-9-11-50-13-15-52-17-19-54-21-23-56-25-27-58-29-31-60-32-30-59-28-26-57-24-22-55-20-18-53-16-14-51-12-10-45-43(49)62-33-40-38-7-3-1-5-36(38)37-6-2-4-8-39(37)40/h1-8,40H,9-35H2,(H,44,46)(H,45,49)(H,47,48). The van der Waals surface area contributed by atoms with E-state index in [1.807, 2.05) is 24.3 Å². The van der Waals surface area contributed by atoms with Gasteiger partial charge in [-0.25, -0.2) is 9.59 Å². The monoisotopic (exact) mass is 882 g/mol. The predicted octanol–water partition coefficient (Wildman–Crippen LogP) is 1.93. The van der Waals surface area contributed by atoms with E-state index < -0.39 is 24.6 Å². The number of benzene rings is 2. The van der Waals surface area contributed by atoms with Crippen molar-refractivity contribution < 1.29 is 81.1 Å². The number of amides is 2. The van der Waals surface area contributed by atoms with Crippen molar-refractivity contribution in [3.8, 4) is 11.1 Å². The molecule has 19 heteroatoms. The van der Waals surface area contributed by atoms with Crippen LogP contribution in [-0.4, -0.2) is 201 Å². The highest BCUT2D eigenvalue weighted by Gasteiger charge is 2.29. The fourth-order valence-electron chi connectivity index (χ4n) is 5.72. The van der Waals surface area contributed by atoms with Gasteiger partial charge in [-0.1, -0.05) is 48.5 Å². The van der Waals surface area contributed by atoms with Crippen molar-refractivity contribution in [2.45, 2.75) is 5.92 Å². The van der Waals surface area contributed by atoms with Crippen molar-refractivity contribution >= 4 is 18.0 Å². The van der Waals surface area contributed by atoms with Gasteiger partial charge in [-0.05, 0) is 22.3 Å². The first-order valence-electron chi connectivity index (χ1n) is 21.1. The first kappa shape index (κ1) is 52.5. The van der Waals surface area contributed by atoms with Crippen LogP contribution in [0.15, 0.2) is 48.5 Å². The summed E-state index contributed by atoms with van der Waals surface area (Å²) >= 11 is 0. The minimum absolute atomic E-state index is 0.0277. The number of hydrogen-bond donors (Lipinski definition) is 3. The highest BCUT2D eigenvalue weighted by molar-refractivity contribution is 5.79. The highest BCUT2D eigenvalue weighted by atomic mass is 16.6. The number of ether oxygens (including phenoxy) is 13. The van der Waals surface area contributed by atoms with E-state index in [1.165, 1.54) is 22.3 Å². The molecule has 0 fully saturated rings. The van der Waals surface area contributed by atoms with Crippen LogP contribution in [0.1, 0.15) is 17.0 Å². The third kappa shape index (κ3) is 25.9. The first-order chi connectivity index (χ1) is 30.6. The van der Waals surface area contributed by atoms with Crippen molar-refractivity contribution in [3.63, 3.8) is 0 Å². The zero-order chi connectivity index (χ0) is 44.0. The van der Waals surface area contributed by atoms with Crippen LogP contribution < -0.4 is 10.6 Å². The summed E-state index contributed by atoms with van der Waals surface area (Å²) in [6.45, 7) is 9.68. The maximum absolute atomic E-state index is 12.3. The number of carbonyl (C=O) groups is 3. The van der Waals surface area contributed by atoms with Crippen LogP contribution in [0.4, 0.5) is 4.79 Å². The largest absolute Gasteiger partial charge is 0.480 e. The van der Waals surface area contributed by atoms with Crippen LogP contribution in [0.25, 0.3) is 11.1 Å². The average Bonchev–Trinajstić information content (AvgIpc) is 3.59. The molecule has 19 nitrogen and oxygen atoms in total. The van der Waals surface area contributed by atoms with Crippen LogP contribution in [0.5, 0.6) is 0 Å². The van der Waals surface area contributed by atoms with Crippen LogP contribution >= 0.6 is 0 Å². The molecule has 0 aliphatic heterocycles. The molecule has 1 aliphatic carbocycles. The summed E-state index contributed by atoms with van der Waals surface area (Å²) < 4.78 is 70.4. The Hall–Kier alpha value is -3.83. The zero-order valence-corrected chi connectivity index (χ0v) is 35.8. The summed E-state index contributed by atoms with van der Waals surface area (Å²) in [6.07, 6.45) is -0.461. The number of aliphatic carboxylic acids is 1. The van der Waals surface area contributed by atoms with Gasteiger partial charge in [0, 0.05) is 19.0 Å². The summed E-state index contributed by atoms with van der Waals surface area (Å²) in [5.74, 6) is -1.50. The summed E-state index contributed by atoms with van der Waals surface area (Å²) in [5, 5.41) is 13.7. The molecule has 0 saturated heterocycles. The van der Waals surface area contributed by atoms with Crippen LogP contribution in [0.2, 0.25) is 0 Å². The van der Waals surface area contributed by atoms with Gasteiger partial charge in [-0.3, -0.25) is 4.79 Å². The lowest BCUT2D eigenvalue weighted by Crippen LogP contribution is -2.31. The average molecular weight is 883 g/mol. The smallest absolute Gasteiger partial charge is 0.407 e. The number of carbonyl (C=O) groups excluding carboxylic acids is 2. The molecule has 0 unspecified atom stereocenters.